The number of hydrogen-bond donors (Lipinski definition) is 7. The highest BCUT2D eigenvalue weighted by atomic mass is 16.7. The van der Waals surface area contributed by atoms with Gasteiger partial charge in [-0.05, 0) is 55.2 Å². The van der Waals surface area contributed by atoms with Gasteiger partial charge in [0.2, 0.25) is 29.9 Å². The number of benzene rings is 2. The van der Waals surface area contributed by atoms with Gasteiger partial charge in [-0.25, -0.2) is 9.59 Å². The van der Waals surface area contributed by atoms with E-state index in [0.717, 1.165) is 4.90 Å². The first-order chi connectivity index (χ1) is 36.8. The molecule has 7 N–H and O–H groups in total. The Hall–Kier alpha value is -6.06. The Bertz CT molecular complexity index is 2350. The maximum Gasteiger partial charge on any atom is 0.410 e. The number of carbonyl (C=O) groups excluding carboxylic acids is 5. The van der Waals surface area contributed by atoms with Crippen LogP contribution in [0.5, 0.6) is 11.5 Å². The second kappa shape index (κ2) is 29.8. The van der Waals surface area contributed by atoms with Gasteiger partial charge in [0.15, 0.2) is 6.10 Å². The van der Waals surface area contributed by atoms with Crippen LogP contribution in [0.15, 0.2) is 48.5 Å². The molecule has 2 fully saturated rings. The van der Waals surface area contributed by atoms with Gasteiger partial charge >= 0.3 is 12.1 Å². The van der Waals surface area contributed by atoms with Gasteiger partial charge in [-0.15, -0.1) is 6.42 Å². The molecule has 434 valence electrons. The fraction of sp³-hybridized carbons (Fsp3) is 0.643. The summed E-state index contributed by atoms with van der Waals surface area (Å²) in [7, 11) is 6.00. The normalized spacial score (nSPS) is 22.8. The van der Waals surface area contributed by atoms with Crippen molar-refractivity contribution in [3.8, 4) is 23.8 Å². The van der Waals surface area contributed by atoms with Crippen LogP contribution in [0.3, 0.4) is 0 Å². The van der Waals surface area contributed by atoms with Crippen molar-refractivity contribution >= 4 is 35.7 Å². The van der Waals surface area contributed by atoms with Gasteiger partial charge < -0.3 is 74.4 Å². The van der Waals surface area contributed by atoms with E-state index in [2.05, 4.69) is 16.6 Å². The van der Waals surface area contributed by atoms with Gasteiger partial charge in [0.1, 0.15) is 55.1 Å². The first-order valence-corrected chi connectivity index (χ1v) is 26.5. The number of likely N-dealkylation sites (tertiary alicyclic amines) is 1. The third-order valence-electron chi connectivity index (χ3n) is 14.8. The van der Waals surface area contributed by atoms with E-state index in [0.29, 0.717) is 31.4 Å². The number of hydrogen-bond acceptors (Lipinski definition) is 16. The van der Waals surface area contributed by atoms with Crippen molar-refractivity contribution in [1.29, 1.82) is 0 Å². The Kier molecular flexibility index (Phi) is 24.6. The molecule has 78 heavy (non-hydrogen) atoms. The number of aliphatic hydroxyl groups is 4. The number of likely N-dealkylation sites (N-methyl/N-ethyl adjacent to an activating group) is 2. The summed E-state index contributed by atoms with van der Waals surface area (Å²) in [6.07, 6.45) is -5.37. The lowest BCUT2D eigenvalue weighted by Crippen LogP contribution is -2.61. The standard InChI is InChI=1S/C56H83N5O17/c1-14-26-75-39-27-37(77-55-48(66)46(64)47(65)50(78-55)54(70)71)24-23-36(39)29-76-56(72)60(11)43(31(5)6)52(68)58-42(30(3)4)53(69)59(10)44(32(7)15-2)40(73-12)28-41(62)61-25-19-22-38(61)49(74-13)33(8)51(67)57-34(9)45(63)35-20-17-16-18-21-35/h1,16-18,20-21,23-24,27,30-34,38,40,42-50,55,63-66H,15,19,22,25-26,28-29H2,2-13H3,(H,57,67)(H,58,68)(H,70,71)/t32?,33-,34-,38+,40-,42+,43+,44+,45-,46+,47+,48?,49-,50+,55-/m1/s1. The lowest BCUT2D eigenvalue weighted by Gasteiger charge is -2.41. The Labute approximate surface area is 458 Å². The smallest absolute Gasteiger partial charge is 0.410 e. The Morgan fingerprint density at radius 1 is 0.872 bits per heavy atom. The van der Waals surface area contributed by atoms with Crippen LogP contribution in [-0.2, 0) is 49.5 Å². The molecule has 0 aliphatic carbocycles. The van der Waals surface area contributed by atoms with Crippen molar-refractivity contribution in [3.05, 3.63) is 59.7 Å². The van der Waals surface area contributed by atoms with Crippen LogP contribution in [0.2, 0.25) is 0 Å². The lowest BCUT2D eigenvalue weighted by atomic mass is 9.89. The van der Waals surface area contributed by atoms with E-state index in [1.54, 1.807) is 65.6 Å². The molecule has 2 aliphatic heterocycles. The zero-order valence-corrected chi connectivity index (χ0v) is 46.9. The topological polar surface area (TPSA) is 293 Å². The van der Waals surface area contributed by atoms with E-state index < -0.39 is 127 Å². The maximum atomic E-state index is 14.7. The van der Waals surface area contributed by atoms with Crippen molar-refractivity contribution in [2.24, 2.45) is 23.7 Å². The van der Waals surface area contributed by atoms with Crippen LogP contribution in [0.25, 0.3) is 0 Å². The summed E-state index contributed by atoms with van der Waals surface area (Å²) >= 11 is 0. The van der Waals surface area contributed by atoms with E-state index in [9.17, 15) is 54.3 Å². The predicted molar refractivity (Wildman–Crippen MR) is 284 cm³/mol. The van der Waals surface area contributed by atoms with Gasteiger partial charge in [-0.3, -0.25) is 24.1 Å². The maximum absolute atomic E-state index is 14.7. The second-order valence-corrected chi connectivity index (χ2v) is 20.9. The summed E-state index contributed by atoms with van der Waals surface area (Å²) in [4.78, 5) is 86.8. The minimum absolute atomic E-state index is 0.0294. The summed E-state index contributed by atoms with van der Waals surface area (Å²) in [5.41, 5.74) is 0.952. The van der Waals surface area contributed by atoms with E-state index in [-0.39, 0.29) is 47.8 Å². The highest BCUT2D eigenvalue weighted by molar-refractivity contribution is 5.92. The number of carbonyl (C=O) groups is 6. The summed E-state index contributed by atoms with van der Waals surface area (Å²) in [6, 6.07) is 9.27. The minimum atomic E-state index is -1.93. The molecule has 0 spiro atoms. The van der Waals surface area contributed by atoms with Crippen LogP contribution < -0.4 is 20.1 Å². The molecule has 2 saturated heterocycles. The van der Waals surface area contributed by atoms with Crippen LogP contribution in [0.4, 0.5) is 4.79 Å². The number of methoxy groups -OCH3 is 2. The van der Waals surface area contributed by atoms with Gasteiger partial charge in [-0.1, -0.05) is 91.1 Å². The number of terminal acetylenes is 1. The summed E-state index contributed by atoms with van der Waals surface area (Å²) in [5.74, 6) is -2.66. The number of nitrogens with zero attached hydrogens (tertiary/aromatic N) is 3. The highest BCUT2D eigenvalue weighted by Crippen LogP contribution is 2.32. The second-order valence-electron chi connectivity index (χ2n) is 20.9. The van der Waals surface area contributed by atoms with Crippen molar-refractivity contribution in [2.75, 3.05) is 41.5 Å². The average Bonchev–Trinajstić information content (AvgIpc) is 3.90. The molecule has 0 saturated carbocycles. The van der Waals surface area contributed by atoms with Crippen LogP contribution in [0.1, 0.15) is 98.3 Å². The van der Waals surface area contributed by atoms with E-state index in [1.165, 1.54) is 44.4 Å². The van der Waals surface area contributed by atoms with Gasteiger partial charge in [0.05, 0.1) is 48.8 Å². The molecule has 0 aromatic heterocycles. The van der Waals surface area contributed by atoms with E-state index in [1.807, 2.05) is 32.0 Å². The SMILES string of the molecule is C#CCOc1cc(O[C@@H]2O[C@H](C(=O)O)[C@@H](O)[C@H](O)C2O)ccc1COC(=O)N(C)[C@H](C(=O)N[C@H](C(=O)N(C)[C@@H](C(C)CC)[C@@H](CC(=O)N1CCC[C@H]1[C@H](OC)[C@@H](C)C(=O)N[C@H](C)[C@@H](O)c1ccccc1)OC)C(C)C)C(C)C. The summed E-state index contributed by atoms with van der Waals surface area (Å²) in [6.45, 7) is 14.2. The molecule has 22 heteroatoms. The molecule has 2 aliphatic rings. The largest absolute Gasteiger partial charge is 0.480 e. The summed E-state index contributed by atoms with van der Waals surface area (Å²) < 4.78 is 34.2. The number of amides is 5. The number of rotatable bonds is 27. The Balaban J connectivity index is 1.46. The molecule has 0 radical (unpaired) electrons. The van der Waals surface area contributed by atoms with Crippen molar-refractivity contribution in [2.45, 2.75) is 167 Å². The molecule has 5 amide bonds. The molecule has 2 aromatic rings. The first-order valence-electron chi connectivity index (χ1n) is 26.5. The van der Waals surface area contributed by atoms with Crippen molar-refractivity contribution in [1.82, 2.24) is 25.3 Å². The summed E-state index contributed by atoms with van der Waals surface area (Å²) in [5, 5.41) is 56.9. The molecule has 2 heterocycles. The fourth-order valence-corrected chi connectivity index (χ4v) is 10.2. The number of carboxylic acid groups (broad SMARTS) is 1. The predicted octanol–water partition coefficient (Wildman–Crippen LogP) is 2.86. The van der Waals surface area contributed by atoms with Gasteiger partial charge in [0.25, 0.3) is 0 Å². The molecule has 22 nitrogen and oxygen atoms in total. The van der Waals surface area contributed by atoms with Crippen LogP contribution in [0, 0.1) is 36.0 Å². The number of aliphatic carboxylic acids is 1. The molecule has 0 bridgehead atoms. The zero-order chi connectivity index (χ0) is 58.3. The van der Waals surface area contributed by atoms with Gasteiger partial charge in [-0.2, -0.15) is 0 Å². The average molecular weight is 1100 g/mol. The molecular weight excluding hydrogens is 1010 g/mol. The van der Waals surface area contributed by atoms with Crippen molar-refractivity contribution < 1.29 is 82.7 Å². The molecule has 15 atom stereocenters. The van der Waals surface area contributed by atoms with Crippen LogP contribution in [-0.4, -0.2) is 191 Å². The zero-order valence-electron chi connectivity index (χ0n) is 46.9. The van der Waals surface area contributed by atoms with Crippen molar-refractivity contribution in [3.63, 3.8) is 0 Å². The monoisotopic (exact) mass is 1100 g/mol. The molecule has 2 aromatic carbocycles. The minimum Gasteiger partial charge on any atom is -0.480 e. The van der Waals surface area contributed by atoms with Crippen LogP contribution >= 0.6 is 0 Å². The fourth-order valence-electron chi connectivity index (χ4n) is 10.2. The Morgan fingerprint density at radius 3 is 2.12 bits per heavy atom. The number of ether oxygens (including phenoxy) is 6. The lowest BCUT2D eigenvalue weighted by molar-refractivity contribution is -0.271. The Morgan fingerprint density at radius 2 is 1.54 bits per heavy atom. The molecule has 2 unspecified atom stereocenters. The number of aliphatic hydroxyl groups excluding tert-OH is 4. The number of nitrogens with one attached hydrogen (secondary N) is 2. The third kappa shape index (κ3) is 16.0. The van der Waals surface area contributed by atoms with E-state index >= 15 is 0 Å². The third-order valence-corrected chi connectivity index (χ3v) is 14.8. The number of carboxylic acids is 1. The molecule has 4 rings (SSSR count). The quantitative estimate of drug-likeness (QED) is 0.0633. The van der Waals surface area contributed by atoms with E-state index in [4.69, 9.17) is 34.8 Å². The molecular formula is C56H83N5O17. The van der Waals surface area contributed by atoms with Gasteiger partial charge in [0, 0.05) is 46.5 Å². The highest BCUT2D eigenvalue weighted by Gasteiger charge is 2.49. The first kappa shape index (κ1) is 64.5.